The summed E-state index contributed by atoms with van der Waals surface area (Å²) in [5, 5.41) is 10.5. The van der Waals surface area contributed by atoms with E-state index < -0.39 is 6.23 Å². The quantitative estimate of drug-likeness (QED) is 0.772. The van der Waals surface area contributed by atoms with Crippen LogP contribution < -0.4 is 0 Å². The molecule has 1 aliphatic rings. The predicted octanol–water partition coefficient (Wildman–Crippen LogP) is 1.55. The molecule has 0 amide bonds. The number of thioether (sulfide) groups is 1. The molecule has 0 saturated heterocycles. The molecule has 2 heterocycles. The average molecular weight is 215 g/mol. The third-order valence-electron chi connectivity index (χ3n) is 1.60. The fourth-order valence-electron chi connectivity index (χ4n) is 1.04. The molecule has 0 aromatic carbocycles. The lowest BCUT2D eigenvalue weighted by molar-refractivity contribution is 0.213. The summed E-state index contributed by atoms with van der Waals surface area (Å²) >= 11 is 7.38. The second-order valence-corrected chi connectivity index (χ2v) is 3.98. The Kier molecular flexibility index (Phi) is 2.53. The molecule has 1 atom stereocenters. The first-order valence-corrected chi connectivity index (χ1v) is 5.13. The van der Waals surface area contributed by atoms with Crippen LogP contribution in [0.1, 0.15) is 5.69 Å². The number of hydrogen-bond donors (Lipinski definition) is 1. The fourth-order valence-corrected chi connectivity index (χ4v) is 2.18. The van der Waals surface area contributed by atoms with Gasteiger partial charge in [0.25, 0.3) is 0 Å². The van der Waals surface area contributed by atoms with Gasteiger partial charge in [-0.3, -0.25) is 4.98 Å². The molecule has 1 aromatic heterocycles. The van der Waals surface area contributed by atoms with Crippen LogP contribution in [0.25, 0.3) is 0 Å². The van der Waals surface area contributed by atoms with Crippen LogP contribution in [0.5, 0.6) is 0 Å². The molecule has 13 heavy (non-hydrogen) atoms. The zero-order valence-corrected chi connectivity index (χ0v) is 8.22. The number of aliphatic imine (C=N–C) groups is 1. The van der Waals surface area contributed by atoms with Crippen LogP contribution in [-0.4, -0.2) is 27.1 Å². The number of nitrogens with zero attached hydrogens (tertiary/aromatic N) is 2. The van der Waals surface area contributed by atoms with Gasteiger partial charge in [0.2, 0.25) is 0 Å². The molecule has 1 aromatic rings. The van der Waals surface area contributed by atoms with Gasteiger partial charge in [-0.2, -0.15) is 0 Å². The van der Waals surface area contributed by atoms with Gasteiger partial charge in [0.15, 0.2) is 6.23 Å². The molecule has 1 unspecified atom stereocenters. The molecule has 68 valence electrons. The standard InChI is InChI=1S/C8H7ClN2OS/c9-5-2-1-3-10-7(5)8-11-6(12)4-13-8/h1-3,6,12H,4H2. The van der Waals surface area contributed by atoms with Crippen molar-refractivity contribution in [2.24, 2.45) is 4.99 Å². The third-order valence-corrected chi connectivity index (χ3v) is 2.94. The van der Waals surface area contributed by atoms with E-state index in [-0.39, 0.29) is 0 Å². The highest BCUT2D eigenvalue weighted by atomic mass is 35.5. The Bertz CT molecular complexity index is 356. The summed E-state index contributed by atoms with van der Waals surface area (Å²) in [5.41, 5.74) is 0.658. The lowest BCUT2D eigenvalue weighted by atomic mass is 10.4. The number of hydrogen-bond acceptors (Lipinski definition) is 4. The summed E-state index contributed by atoms with van der Waals surface area (Å²) in [6.45, 7) is 0. The van der Waals surface area contributed by atoms with Gasteiger partial charge in [0.05, 0.1) is 5.02 Å². The molecule has 1 N–H and O–H groups in total. The van der Waals surface area contributed by atoms with Gasteiger partial charge < -0.3 is 5.11 Å². The Morgan fingerprint density at radius 1 is 1.62 bits per heavy atom. The molecule has 5 heteroatoms. The van der Waals surface area contributed by atoms with Crippen LogP contribution in [0, 0.1) is 0 Å². The first kappa shape index (κ1) is 8.99. The van der Waals surface area contributed by atoms with Crippen molar-refractivity contribution in [3.63, 3.8) is 0 Å². The summed E-state index contributed by atoms with van der Waals surface area (Å²) in [7, 11) is 0. The fraction of sp³-hybridized carbons (Fsp3) is 0.250. The Hall–Kier alpha value is -0.580. The summed E-state index contributed by atoms with van der Waals surface area (Å²) in [5.74, 6) is 0.586. The van der Waals surface area contributed by atoms with Crippen molar-refractivity contribution in [3.8, 4) is 0 Å². The molecule has 0 aliphatic carbocycles. The van der Waals surface area contributed by atoms with Crippen LogP contribution in [0.15, 0.2) is 23.3 Å². The van der Waals surface area contributed by atoms with Crippen LogP contribution in [-0.2, 0) is 0 Å². The summed E-state index contributed by atoms with van der Waals surface area (Å²) in [4.78, 5) is 8.11. The van der Waals surface area contributed by atoms with Gasteiger partial charge in [0.1, 0.15) is 10.7 Å². The zero-order chi connectivity index (χ0) is 9.26. The monoisotopic (exact) mass is 214 g/mol. The van der Waals surface area contributed by atoms with E-state index in [1.807, 2.05) is 0 Å². The topological polar surface area (TPSA) is 45.5 Å². The summed E-state index contributed by atoms with van der Waals surface area (Å²) in [6, 6.07) is 3.53. The molecular weight excluding hydrogens is 208 g/mol. The van der Waals surface area contributed by atoms with E-state index in [0.717, 1.165) is 5.04 Å². The second kappa shape index (κ2) is 3.65. The summed E-state index contributed by atoms with van der Waals surface area (Å²) in [6.07, 6.45) is 1.05. The van der Waals surface area contributed by atoms with Crippen molar-refractivity contribution in [3.05, 3.63) is 29.0 Å². The smallest absolute Gasteiger partial charge is 0.155 e. The van der Waals surface area contributed by atoms with Crippen molar-refractivity contribution in [1.82, 2.24) is 4.98 Å². The van der Waals surface area contributed by atoms with Crippen molar-refractivity contribution >= 4 is 28.4 Å². The molecular formula is C8H7ClN2OS. The van der Waals surface area contributed by atoms with Crippen molar-refractivity contribution in [2.75, 3.05) is 5.75 Å². The van der Waals surface area contributed by atoms with Gasteiger partial charge in [-0.05, 0) is 12.1 Å². The number of pyridine rings is 1. The number of aromatic nitrogens is 1. The first-order chi connectivity index (χ1) is 6.27. The van der Waals surface area contributed by atoms with E-state index in [2.05, 4.69) is 9.98 Å². The van der Waals surface area contributed by atoms with Crippen LogP contribution in [0.2, 0.25) is 5.02 Å². The highest BCUT2D eigenvalue weighted by Gasteiger charge is 2.19. The van der Waals surface area contributed by atoms with E-state index in [9.17, 15) is 5.11 Å². The Morgan fingerprint density at radius 2 is 2.46 bits per heavy atom. The maximum Gasteiger partial charge on any atom is 0.155 e. The minimum Gasteiger partial charge on any atom is -0.371 e. The molecule has 1 aliphatic heterocycles. The lowest BCUT2D eigenvalue weighted by Gasteiger charge is -1.99. The van der Waals surface area contributed by atoms with Crippen LogP contribution >= 0.6 is 23.4 Å². The SMILES string of the molecule is OC1CSC(c2ncccc2Cl)=N1. The number of aliphatic hydroxyl groups is 1. The molecule has 0 saturated carbocycles. The Labute approximate surface area is 84.9 Å². The molecule has 0 radical (unpaired) electrons. The summed E-state index contributed by atoms with van der Waals surface area (Å²) < 4.78 is 0. The largest absolute Gasteiger partial charge is 0.371 e. The minimum atomic E-state index is -0.613. The Balaban J connectivity index is 2.36. The van der Waals surface area contributed by atoms with Gasteiger partial charge in [-0.15, -0.1) is 0 Å². The number of aliphatic hydroxyl groups excluding tert-OH is 1. The zero-order valence-electron chi connectivity index (χ0n) is 6.64. The maximum absolute atomic E-state index is 9.17. The van der Waals surface area contributed by atoms with Crippen molar-refractivity contribution in [1.29, 1.82) is 0 Å². The van der Waals surface area contributed by atoms with E-state index in [0.29, 0.717) is 16.5 Å². The minimum absolute atomic E-state index is 0.572. The van der Waals surface area contributed by atoms with E-state index >= 15 is 0 Å². The Morgan fingerprint density at radius 3 is 3.08 bits per heavy atom. The van der Waals surface area contributed by atoms with Gasteiger partial charge in [-0.25, -0.2) is 4.99 Å². The van der Waals surface area contributed by atoms with Crippen molar-refractivity contribution in [2.45, 2.75) is 6.23 Å². The number of halogens is 1. The van der Waals surface area contributed by atoms with E-state index in [1.54, 1.807) is 18.3 Å². The second-order valence-electron chi connectivity index (χ2n) is 2.56. The number of rotatable bonds is 1. The predicted molar refractivity (Wildman–Crippen MR) is 54.2 cm³/mol. The van der Waals surface area contributed by atoms with Gasteiger partial charge in [0, 0.05) is 11.9 Å². The molecule has 3 nitrogen and oxygen atoms in total. The molecule has 0 fully saturated rings. The van der Waals surface area contributed by atoms with Gasteiger partial charge >= 0.3 is 0 Å². The first-order valence-electron chi connectivity index (χ1n) is 3.77. The normalized spacial score (nSPS) is 21.7. The average Bonchev–Trinajstić information content (AvgIpc) is 2.53. The highest BCUT2D eigenvalue weighted by Crippen LogP contribution is 2.25. The molecule has 2 rings (SSSR count). The van der Waals surface area contributed by atoms with Crippen LogP contribution in [0.4, 0.5) is 0 Å². The molecule has 0 spiro atoms. The van der Waals surface area contributed by atoms with Crippen molar-refractivity contribution < 1.29 is 5.11 Å². The maximum atomic E-state index is 9.17. The third kappa shape index (κ3) is 1.85. The highest BCUT2D eigenvalue weighted by molar-refractivity contribution is 8.14. The van der Waals surface area contributed by atoms with E-state index in [1.165, 1.54) is 11.8 Å². The van der Waals surface area contributed by atoms with Crippen LogP contribution in [0.3, 0.4) is 0 Å². The van der Waals surface area contributed by atoms with Gasteiger partial charge in [-0.1, -0.05) is 23.4 Å². The molecule has 0 bridgehead atoms. The van der Waals surface area contributed by atoms with E-state index in [4.69, 9.17) is 11.6 Å². The lowest BCUT2D eigenvalue weighted by Crippen LogP contribution is -1.99.